The molecule has 0 spiro atoms. The lowest BCUT2D eigenvalue weighted by atomic mass is 9.90. The SMILES string of the molecule is CCOCCCNC(=NCc1nnc(C)n1C)NCC1CC(=O)Nc2ccccc21. The van der Waals surface area contributed by atoms with Crippen molar-refractivity contribution in [3.05, 3.63) is 41.5 Å². The summed E-state index contributed by atoms with van der Waals surface area (Å²) in [5, 5.41) is 18.0. The molecule has 1 aliphatic rings. The van der Waals surface area contributed by atoms with Crippen LogP contribution in [0.1, 0.15) is 42.9 Å². The fourth-order valence-electron chi connectivity index (χ4n) is 3.34. The van der Waals surface area contributed by atoms with Crippen LogP contribution in [0.15, 0.2) is 29.3 Å². The summed E-state index contributed by atoms with van der Waals surface area (Å²) in [6.07, 6.45) is 1.33. The molecule has 0 radical (unpaired) electrons. The standard InChI is InChI=1S/C21H31N7O2/c1-4-30-11-7-10-22-21(24-14-19-27-26-15(2)28(19)3)23-13-16-12-20(29)25-18-9-6-5-8-17(16)18/h5-6,8-9,16H,4,7,10-14H2,1-3H3,(H,25,29)(H2,22,23,24). The number of nitrogens with zero attached hydrogens (tertiary/aromatic N) is 4. The molecule has 1 amide bonds. The van der Waals surface area contributed by atoms with Crippen molar-refractivity contribution < 1.29 is 9.53 Å². The smallest absolute Gasteiger partial charge is 0.225 e. The number of nitrogens with one attached hydrogen (secondary N) is 3. The number of aromatic nitrogens is 3. The van der Waals surface area contributed by atoms with Crippen molar-refractivity contribution in [3.63, 3.8) is 0 Å². The van der Waals surface area contributed by atoms with Gasteiger partial charge in [0.2, 0.25) is 5.91 Å². The minimum Gasteiger partial charge on any atom is -0.382 e. The molecule has 0 saturated carbocycles. The van der Waals surface area contributed by atoms with Crippen LogP contribution in [0.3, 0.4) is 0 Å². The highest BCUT2D eigenvalue weighted by atomic mass is 16.5. The van der Waals surface area contributed by atoms with E-state index in [2.05, 4.69) is 37.2 Å². The van der Waals surface area contributed by atoms with Crippen LogP contribution in [0.2, 0.25) is 0 Å². The van der Waals surface area contributed by atoms with Crippen molar-refractivity contribution in [1.82, 2.24) is 25.4 Å². The Balaban J connectivity index is 1.65. The maximum Gasteiger partial charge on any atom is 0.225 e. The van der Waals surface area contributed by atoms with Crippen molar-refractivity contribution in [3.8, 4) is 0 Å². The Morgan fingerprint density at radius 3 is 2.93 bits per heavy atom. The molecule has 1 atom stereocenters. The van der Waals surface area contributed by atoms with Crippen LogP contribution in [-0.4, -0.2) is 52.9 Å². The first-order chi connectivity index (χ1) is 14.6. The molecule has 1 aliphatic heterocycles. The van der Waals surface area contributed by atoms with Crippen LogP contribution in [0.25, 0.3) is 0 Å². The van der Waals surface area contributed by atoms with E-state index in [9.17, 15) is 4.79 Å². The predicted molar refractivity (Wildman–Crippen MR) is 116 cm³/mol. The minimum absolute atomic E-state index is 0.0400. The van der Waals surface area contributed by atoms with Gasteiger partial charge < -0.3 is 25.3 Å². The van der Waals surface area contributed by atoms with E-state index in [1.807, 2.05) is 43.7 Å². The van der Waals surface area contributed by atoms with Gasteiger partial charge in [-0.2, -0.15) is 0 Å². The second kappa shape index (κ2) is 10.7. The lowest BCUT2D eigenvalue weighted by Gasteiger charge is -2.26. The summed E-state index contributed by atoms with van der Waals surface area (Å²) in [6, 6.07) is 7.94. The number of aryl methyl sites for hydroxylation is 1. The highest BCUT2D eigenvalue weighted by Gasteiger charge is 2.24. The second-order valence-electron chi connectivity index (χ2n) is 7.28. The van der Waals surface area contributed by atoms with Crippen LogP contribution in [0, 0.1) is 6.92 Å². The van der Waals surface area contributed by atoms with Crippen molar-refractivity contribution in [2.45, 2.75) is 39.2 Å². The number of carbonyl (C=O) groups excluding carboxylic acids is 1. The molecule has 2 heterocycles. The number of amides is 1. The van der Waals surface area contributed by atoms with Gasteiger partial charge in [0.05, 0.1) is 0 Å². The highest BCUT2D eigenvalue weighted by molar-refractivity contribution is 5.94. The van der Waals surface area contributed by atoms with E-state index < -0.39 is 0 Å². The van der Waals surface area contributed by atoms with Gasteiger partial charge in [0, 0.05) is 51.4 Å². The molecule has 30 heavy (non-hydrogen) atoms. The predicted octanol–water partition coefficient (Wildman–Crippen LogP) is 1.71. The molecule has 1 aromatic carbocycles. The Kier molecular flexibility index (Phi) is 7.78. The van der Waals surface area contributed by atoms with Crippen LogP contribution < -0.4 is 16.0 Å². The van der Waals surface area contributed by atoms with Gasteiger partial charge in [0.15, 0.2) is 11.8 Å². The van der Waals surface area contributed by atoms with Crippen molar-refractivity contribution in [1.29, 1.82) is 0 Å². The van der Waals surface area contributed by atoms with Crippen LogP contribution in [-0.2, 0) is 23.1 Å². The molecule has 1 aromatic heterocycles. The monoisotopic (exact) mass is 413 g/mol. The molecule has 162 valence electrons. The fourth-order valence-corrected chi connectivity index (χ4v) is 3.34. The molecule has 0 fully saturated rings. The van der Waals surface area contributed by atoms with Gasteiger partial charge >= 0.3 is 0 Å². The van der Waals surface area contributed by atoms with E-state index >= 15 is 0 Å². The summed E-state index contributed by atoms with van der Waals surface area (Å²) < 4.78 is 7.33. The number of para-hydroxylation sites is 1. The van der Waals surface area contributed by atoms with Crippen LogP contribution >= 0.6 is 0 Å². The van der Waals surface area contributed by atoms with E-state index in [1.54, 1.807) is 0 Å². The zero-order chi connectivity index (χ0) is 21.3. The molecule has 1 unspecified atom stereocenters. The number of hydrogen-bond acceptors (Lipinski definition) is 5. The number of aliphatic imine (C=N–C) groups is 1. The number of guanidine groups is 1. The van der Waals surface area contributed by atoms with E-state index in [0.717, 1.165) is 35.9 Å². The van der Waals surface area contributed by atoms with Gasteiger partial charge in [-0.05, 0) is 31.9 Å². The first kappa shape index (κ1) is 21.8. The number of anilines is 1. The third-order valence-corrected chi connectivity index (χ3v) is 5.15. The second-order valence-corrected chi connectivity index (χ2v) is 7.28. The van der Waals surface area contributed by atoms with E-state index in [1.165, 1.54) is 0 Å². The molecule has 9 heteroatoms. The van der Waals surface area contributed by atoms with Crippen molar-refractivity contribution >= 4 is 17.6 Å². The lowest BCUT2D eigenvalue weighted by molar-refractivity contribution is -0.116. The maximum atomic E-state index is 12.1. The van der Waals surface area contributed by atoms with Gasteiger partial charge in [-0.15, -0.1) is 10.2 Å². The third kappa shape index (κ3) is 5.79. The van der Waals surface area contributed by atoms with Crippen molar-refractivity contribution in [2.75, 3.05) is 31.6 Å². The Morgan fingerprint density at radius 1 is 1.33 bits per heavy atom. The lowest BCUT2D eigenvalue weighted by Crippen LogP contribution is -2.41. The molecular weight excluding hydrogens is 382 g/mol. The van der Waals surface area contributed by atoms with Crippen LogP contribution in [0.5, 0.6) is 0 Å². The third-order valence-electron chi connectivity index (χ3n) is 5.15. The Morgan fingerprint density at radius 2 is 2.17 bits per heavy atom. The van der Waals surface area contributed by atoms with Gasteiger partial charge in [0.1, 0.15) is 12.4 Å². The van der Waals surface area contributed by atoms with E-state index in [0.29, 0.717) is 38.7 Å². The zero-order valence-electron chi connectivity index (χ0n) is 17.9. The molecule has 2 aromatic rings. The molecule has 0 saturated heterocycles. The summed E-state index contributed by atoms with van der Waals surface area (Å²) in [5.41, 5.74) is 2.03. The highest BCUT2D eigenvalue weighted by Crippen LogP contribution is 2.31. The number of carbonyl (C=O) groups is 1. The molecule has 3 rings (SSSR count). The molecule has 0 aliphatic carbocycles. The number of rotatable bonds is 9. The molecular formula is C21H31N7O2. The molecule has 3 N–H and O–H groups in total. The van der Waals surface area contributed by atoms with Gasteiger partial charge in [-0.1, -0.05) is 18.2 Å². The number of benzene rings is 1. The average molecular weight is 414 g/mol. The van der Waals surface area contributed by atoms with Crippen molar-refractivity contribution in [2.24, 2.45) is 12.0 Å². The normalized spacial score (nSPS) is 16.2. The summed E-state index contributed by atoms with van der Waals surface area (Å²) in [6.45, 7) is 7.09. The molecule has 9 nitrogen and oxygen atoms in total. The topological polar surface area (TPSA) is 105 Å². The maximum absolute atomic E-state index is 12.1. The fraction of sp³-hybridized carbons (Fsp3) is 0.524. The average Bonchev–Trinajstić information content (AvgIpc) is 3.06. The largest absolute Gasteiger partial charge is 0.382 e. The van der Waals surface area contributed by atoms with E-state index in [-0.39, 0.29) is 11.8 Å². The number of ether oxygens (including phenoxy) is 1. The first-order valence-corrected chi connectivity index (χ1v) is 10.4. The Bertz CT molecular complexity index is 878. The Hall–Kier alpha value is -2.94. The van der Waals surface area contributed by atoms with Gasteiger partial charge in [-0.25, -0.2) is 4.99 Å². The van der Waals surface area contributed by atoms with E-state index in [4.69, 9.17) is 4.74 Å². The molecule has 0 bridgehead atoms. The summed E-state index contributed by atoms with van der Waals surface area (Å²) in [5.74, 6) is 2.46. The quantitative estimate of drug-likeness (QED) is 0.328. The zero-order valence-corrected chi connectivity index (χ0v) is 17.9. The van der Waals surface area contributed by atoms with Gasteiger partial charge in [-0.3, -0.25) is 4.79 Å². The minimum atomic E-state index is 0.0400. The number of hydrogen-bond donors (Lipinski definition) is 3. The van der Waals surface area contributed by atoms with Gasteiger partial charge in [0.25, 0.3) is 0 Å². The van der Waals surface area contributed by atoms with Crippen LogP contribution in [0.4, 0.5) is 5.69 Å². The summed E-state index contributed by atoms with van der Waals surface area (Å²) >= 11 is 0. The first-order valence-electron chi connectivity index (χ1n) is 10.4. The Labute approximate surface area is 177 Å². The summed E-state index contributed by atoms with van der Waals surface area (Å²) in [4.78, 5) is 16.8. The number of fused-ring (bicyclic) bond motifs is 1. The summed E-state index contributed by atoms with van der Waals surface area (Å²) in [7, 11) is 1.93.